The highest BCUT2D eigenvalue weighted by Crippen LogP contribution is 2.38. The maximum atomic E-state index is 12.8. The van der Waals surface area contributed by atoms with E-state index in [1.54, 1.807) is 0 Å². The molecule has 0 amide bonds. The fourth-order valence-electron chi connectivity index (χ4n) is 5.31. The Morgan fingerprint density at radius 1 is 1.00 bits per heavy atom. The third-order valence-corrected chi connectivity index (χ3v) is 6.89. The van der Waals surface area contributed by atoms with E-state index in [9.17, 15) is 4.79 Å². The van der Waals surface area contributed by atoms with Crippen LogP contribution in [0, 0.1) is 0 Å². The number of pyridine rings is 1. The third-order valence-electron chi connectivity index (χ3n) is 6.89. The highest BCUT2D eigenvalue weighted by Gasteiger charge is 2.35. The Morgan fingerprint density at radius 2 is 1.76 bits per heavy atom. The first-order valence-corrected chi connectivity index (χ1v) is 9.96. The first-order valence-electron chi connectivity index (χ1n) is 9.96. The molecule has 1 saturated carbocycles. The summed E-state index contributed by atoms with van der Waals surface area (Å²) >= 11 is 0. The van der Waals surface area contributed by atoms with Crippen molar-refractivity contribution >= 4 is 11.0 Å². The molecule has 0 radical (unpaired) electrons. The van der Waals surface area contributed by atoms with Crippen LogP contribution in [-0.2, 0) is 26.9 Å². The molecule has 2 fully saturated rings. The molecule has 25 heavy (non-hydrogen) atoms. The van der Waals surface area contributed by atoms with Gasteiger partial charge >= 0.3 is 0 Å². The molecule has 134 valence electrons. The van der Waals surface area contributed by atoms with Gasteiger partial charge in [0.25, 0.3) is 5.56 Å². The van der Waals surface area contributed by atoms with Crippen molar-refractivity contribution in [3.63, 3.8) is 0 Å². The van der Waals surface area contributed by atoms with Gasteiger partial charge in [-0.2, -0.15) is 5.10 Å². The van der Waals surface area contributed by atoms with Crippen LogP contribution in [0.2, 0.25) is 0 Å². The van der Waals surface area contributed by atoms with E-state index >= 15 is 0 Å². The zero-order valence-electron chi connectivity index (χ0n) is 15.4. The van der Waals surface area contributed by atoms with Gasteiger partial charge in [-0.15, -0.1) is 0 Å². The van der Waals surface area contributed by atoms with E-state index in [1.807, 2.05) is 23.3 Å². The molecule has 1 unspecified atom stereocenters. The lowest BCUT2D eigenvalue weighted by molar-refractivity contribution is 0.157. The standard InChI is InChI=1S/C20H28N4O/c1-22-19-17(15-8-3-4-9-16(15)20(22)25)18(21-23(19)2)13-10-11-24(12-13)14-6-5-7-14/h13-14H,3-12H2,1-2H3. The number of aryl methyl sites for hydroxylation is 3. The van der Waals surface area contributed by atoms with Crippen molar-refractivity contribution in [2.24, 2.45) is 14.1 Å². The van der Waals surface area contributed by atoms with Crippen molar-refractivity contribution in [1.82, 2.24) is 19.2 Å². The molecule has 3 heterocycles. The van der Waals surface area contributed by atoms with Gasteiger partial charge in [0.2, 0.25) is 0 Å². The van der Waals surface area contributed by atoms with Crippen molar-refractivity contribution in [1.29, 1.82) is 0 Å². The predicted octanol–water partition coefficient (Wildman–Crippen LogP) is 2.49. The normalized spacial score (nSPS) is 24.6. The van der Waals surface area contributed by atoms with Gasteiger partial charge in [-0.25, -0.2) is 0 Å². The largest absolute Gasteiger partial charge is 0.300 e. The molecule has 5 heteroatoms. The minimum Gasteiger partial charge on any atom is -0.300 e. The van der Waals surface area contributed by atoms with Crippen LogP contribution in [0.15, 0.2) is 4.79 Å². The Balaban J connectivity index is 1.64. The van der Waals surface area contributed by atoms with Gasteiger partial charge in [0, 0.05) is 43.5 Å². The van der Waals surface area contributed by atoms with Crippen molar-refractivity contribution in [2.75, 3.05) is 13.1 Å². The lowest BCUT2D eigenvalue weighted by Gasteiger charge is -2.34. The second-order valence-electron chi connectivity index (χ2n) is 8.30. The number of likely N-dealkylation sites (tertiary alicyclic amines) is 1. The van der Waals surface area contributed by atoms with Crippen LogP contribution in [0.5, 0.6) is 0 Å². The minimum absolute atomic E-state index is 0.194. The van der Waals surface area contributed by atoms with Gasteiger partial charge in [0.05, 0.1) is 5.69 Å². The molecule has 3 aliphatic rings. The summed E-state index contributed by atoms with van der Waals surface area (Å²) in [6, 6.07) is 0.818. The lowest BCUT2D eigenvalue weighted by atomic mass is 9.88. The number of fused-ring (bicyclic) bond motifs is 3. The Bertz CT molecular complexity index is 889. The summed E-state index contributed by atoms with van der Waals surface area (Å²) in [7, 11) is 3.92. The fourth-order valence-corrected chi connectivity index (χ4v) is 5.31. The van der Waals surface area contributed by atoms with E-state index in [-0.39, 0.29) is 5.56 Å². The molecule has 1 saturated heterocycles. The number of aromatic nitrogens is 3. The Morgan fingerprint density at radius 3 is 2.48 bits per heavy atom. The summed E-state index contributed by atoms with van der Waals surface area (Å²) in [5.41, 5.74) is 4.84. The van der Waals surface area contributed by atoms with E-state index in [4.69, 9.17) is 5.10 Å². The highest BCUT2D eigenvalue weighted by atomic mass is 16.1. The van der Waals surface area contributed by atoms with Crippen molar-refractivity contribution in [3.8, 4) is 0 Å². The van der Waals surface area contributed by atoms with Crippen LogP contribution < -0.4 is 5.56 Å². The number of rotatable bonds is 2. The quantitative estimate of drug-likeness (QED) is 0.844. The average molecular weight is 340 g/mol. The van der Waals surface area contributed by atoms with E-state index in [1.165, 1.54) is 55.3 Å². The topological polar surface area (TPSA) is 43.1 Å². The molecule has 1 aliphatic heterocycles. The zero-order valence-corrected chi connectivity index (χ0v) is 15.4. The Kier molecular flexibility index (Phi) is 3.56. The van der Waals surface area contributed by atoms with Crippen LogP contribution in [0.3, 0.4) is 0 Å². The maximum Gasteiger partial charge on any atom is 0.255 e. The summed E-state index contributed by atoms with van der Waals surface area (Å²) in [6.45, 7) is 2.36. The second kappa shape index (κ2) is 5.70. The second-order valence-corrected chi connectivity index (χ2v) is 8.30. The molecule has 5 nitrogen and oxygen atoms in total. The van der Waals surface area contributed by atoms with Gasteiger partial charge in [-0.3, -0.25) is 18.9 Å². The molecule has 0 spiro atoms. The van der Waals surface area contributed by atoms with Gasteiger partial charge in [0.15, 0.2) is 0 Å². The van der Waals surface area contributed by atoms with E-state index in [0.717, 1.165) is 43.1 Å². The first-order chi connectivity index (χ1) is 12.1. The minimum atomic E-state index is 0.194. The van der Waals surface area contributed by atoms with Crippen LogP contribution >= 0.6 is 0 Å². The maximum absolute atomic E-state index is 12.8. The molecule has 2 aromatic rings. The first kappa shape index (κ1) is 15.6. The van der Waals surface area contributed by atoms with Gasteiger partial charge < -0.3 is 0 Å². The lowest BCUT2D eigenvalue weighted by Crippen LogP contribution is -2.38. The van der Waals surface area contributed by atoms with Gasteiger partial charge in [0.1, 0.15) is 5.65 Å². The SMILES string of the molecule is Cn1nc(C2CCN(C3CCC3)C2)c2c3c(c(=O)n(C)c21)CCCC3. The highest BCUT2D eigenvalue weighted by molar-refractivity contribution is 5.84. The Hall–Kier alpha value is -1.62. The predicted molar refractivity (Wildman–Crippen MR) is 99.2 cm³/mol. The number of hydrogen-bond donors (Lipinski definition) is 0. The van der Waals surface area contributed by atoms with Gasteiger partial charge in [-0.1, -0.05) is 6.42 Å². The molecule has 2 aromatic heterocycles. The molecular formula is C20H28N4O. The van der Waals surface area contributed by atoms with Gasteiger partial charge in [-0.05, 0) is 57.1 Å². The smallest absolute Gasteiger partial charge is 0.255 e. The molecular weight excluding hydrogens is 312 g/mol. The molecule has 1 atom stereocenters. The number of hydrogen-bond acceptors (Lipinski definition) is 3. The van der Waals surface area contributed by atoms with Crippen molar-refractivity contribution in [2.45, 2.75) is 63.3 Å². The van der Waals surface area contributed by atoms with E-state index < -0.39 is 0 Å². The van der Waals surface area contributed by atoms with Crippen LogP contribution in [0.1, 0.15) is 61.3 Å². The third kappa shape index (κ3) is 2.24. The fraction of sp³-hybridized carbons (Fsp3) is 0.700. The van der Waals surface area contributed by atoms with Crippen molar-refractivity contribution < 1.29 is 0 Å². The summed E-state index contributed by atoms with van der Waals surface area (Å²) in [6.07, 6.45) is 9.67. The monoisotopic (exact) mass is 340 g/mol. The summed E-state index contributed by atoms with van der Waals surface area (Å²) in [5.74, 6) is 0.521. The average Bonchev–Trinajstić information content (AvgIpc) is 3.16. The van der Waals surface area contributed by atoms with Crippen molar-refractivity contribution in [3.05, 3.63) is 27.2 Å². The molecule has 0 bridgehead atoms. The molecule has 5 rings (SSSR count). The van der Waals surface area contributed by atoms with E-state index in [0.29, 0.717) is 5.92 Å². The molecule has 0 N–H and O–H groups in total. The Labute approximate surface area is 148 Å². The molecule has 2 aliphatic carbocycles. The van der Waals surface area contributed by atoms with Crippen LogP contribution in [0.25, 0.3) is 11.0 Å². The summed E-state index contributed by atoms with van der Waals surface area (Å²) in [4.78, 5) is 15.5. The zero-order chi connectivity index (χ0) is 17.1. The summed E-state index contributed by atoms with van der Waals surface area (Å²) in [5, 5.41) is 6.26. The van der Waals surface area contributed by atoms with E-state index in [2.05, 4.69) is 4.90 Å². The number of nitrogens with zero attached hydrogens (tertiary/aromatic N) is 4. The van der Waals surface area contributed by atoms with Crippen LogP contribution in [-0.4, -0.2) is 38.4 Å². The molecule has 0 aromatic carbocycles. The summed E-state index contributed by atoms with van der Waals surface area (Å²) < 4.78 is 3.79. The van der Waals surface area contributed by atoms with Crippen LogP contribution in [0.4, 0.5) is 0 Å².